The minimum atomic E-state index is -0.287. The lowest BCUT2D eigenvalue weighted by molar-refractivity contribution is -0.135. The van der Waals surface area contributed by atoms with Gasteiger partial charge in [-0.1, -0.05) is 25.0 Å². The van der Waals surface area contributed by atoms with Gasteiger partial charge in [0.15, 0.2) is 0 Å². The first-order valence-electron chi connectivity index (χ1n) is 8.76. The zero-order valence-electron chi connectivity index (χ0n) is 14.9. The minimum absolute atomic E-state index is 0.00654. The number of carbonyl (C=O) groups is 1. The Hall–Kier alpha value is -1.46. The number of halogens is 1. The standard InChI is InChI=1S/C19H29FN2O2/c1-14(21(2)13-16-8-4-5-10-18(16)23)19(24)22(3)12-15-7-6-9-17(20)11-15/h6-7,9,11,14,16,18,23H,4-5,8,10,12-13H2,1-3H3. The largest absolute Gasteiger partial charge is 0.393 e. The number of carbonyl (C=O) groups excluding carboxylic acids is 1. The first-order chi connectivity index (χ1) is 11.4. The Morgan fingerprint density at radius 1 is 1.33 bits per heavy atom. The number of rotatable bonds is 6. The topological polar surface area (TPSA) is 43.8 Å². The van der Waals surface area contributed by atoms with Crippen molar-refractivity contribution < 1.29 is 14.3 Å². The van der Waals surface area contributed by atoms with Gasteiger partial charge in [-0.15, -0.1) is 0 Å². The van der Waals surface area contributed by atoms with E-state index < -0.39 is 0 Å². The normalized spacial score (nSPS) is 22.4. The van der Waals surface area contributed by atoms with Gasteiger partial charge >= 0.3 is 0 Å². The molecule has 1 aromatic rings. The molecule has 1 amide bonds. The van der Waals surface area contributed by atoms with Crippen molar-refractivity contribution in [2.24, 2.45) is 5.92 Å². The van der Waals surface area contributed by atoms with E-state index in [2.05, 4.69) is 0 Å². The number of benzene rings is 1. The highest BCUT2D eigenvalue weighted by Crippen LogP contribution is 2.25. The van der Waals surface area contributed by atoms with Gasteiger partial charge < -0.3 is 10.0 Å². The number of aliphatic hydroxyl groups excluding tert-OH is 1. The number of amides is 1. The smallest absolute Gasteiger partial charge is 0.239 e. The maximum absolute atomic E-state index is 13.3. The zero-order valence-corrected chi connectivity index (χ0v) is 14.9. The summed E-state index contributed by atoms with van der Waals surface area (Å²) >= 11 is 0. The highest BCUT2D eigenvalue weighted by Gasteiger charge is 2.28. The van der Waals surface area contributed by atoms with Crippen LogP contribution in [0.3, 0.4) is 0 Å². The Morgan fingerprint density at radius 3 is 2.71 bits per heavy atom. The van der Waals surface area contributed by atoms with E-state index in [4.69, 9.17) is 0 Å². The van der Waals surface area contributed by atoms with Crippen molar-refractivity contribution in [1.82, 2.24) is 9.80 Å². The molecule has 0 saturated heterocycles. The molecule has 4 nitrogen and oxygen atoms in total. The molecule has 24 heavy (non-hydrogen) atoms. The van der Waals surface area contributed by atoms with Crippen LogP contribution in [0.15, 0.2) is 24.3 Å². The van der Waals surface area contributed by atoms with Crippen LogP contribution in [0.1, 0.15) is 38.2 Å². The number of hydrogen-bond acceptors (Lipinski definition) is 3. The van der Waals surface area contributed by atoms with Crippen molar-refractivity contribution in [2.75, 3.05) is 20.6 Å². The first kappa shape index (κ1) is 18.9. The summed E-state index contributed by atoms with van der Waals surface area (Å²) in [4.78, 5) is 16.3. The fourth-order valence-corrected chi connectivity index (χ4v) is 3.42. The molecule has 0 radical (unpaired) electrons. The van der Waals surface area contributed by atoms with Crippen LogP contribution >= 0.6 is 0 Å². The van der Waals surface area contributed by atoms with Crippen molar-refractivity contribution in [3.8, 4) is 0 Å². The molecule has 0 spiro atoms. The Bertz CT molecular complexity index is 552. The summed E-state index contributed by atoms with van der Waals surface area (Å²) in [7, 11) is 3.67. The molecule has 2 rings (SSSR count). The van der Waals surface area contributed by atoms with E-state index in [0.29, 0.717) is 6.54 Å². The predicted molar refractivity (Wildman–Crippen MR) is 92.9 cm³/mol. The lowest BCUT2D eigenvalue weighted by Crippen LogP contribution is -2.47. The van der Waals surface area contributed by atoms with Crippen LogP contribution in [0.2, 0.25) is 0 Å². The second kappa shape index (κ2) is 8.58. The molecule has 1 fully saturated rings. The van der Waals surface area contributed by atoms with E-state index in [0.717, 1.165) is 37.8 Å². The van der Waals surface area contributed by atoms with Gasteiger partial charge in [0, 0.05) is 20.1 Å². The van der Waals surface area contributed by atoms with Gasteiger partial charge in [-0.3, -0.25) is 9.69 Å². The molecule has 1 aliphatic rings. The van der Waals surface area contributed by atoms with E-state index in [1.807, 2.05) is 24.9 Å². The summed E-state index contributed by atoms with van der Waals surface area (Å²) in [6, 6.07) is 6.06. The summed E-state index contributed by atoms with van der Waals surface area (Å²) in [6.45, 7) is 3.00. The third kappa shape index (κ3) is 5.02. The first-order valence-corrected chi connectivity index (χ1v) is 8.76. The molecule has 5 heteroatoms. The predicted octanol–water partition coefficient (Wildman–Crippen LogP) is 2.66. The number of likely N-dealkylation sites (N-methyl/N-ethyl adjacent to an activating group) is 2. The Labute approximate surface area is 144 Å². The van der Waals surface area contributed by atoms with Crippen LogP contribution in [0.5, 0.6) is 0 Å². The van der Waals surface area contributed by atoms with E-state index in [-0.39, 0.29) is 29.8 Å². The molecule has 0 aromatic heterocycles. The molecule has 3 atom stereocenters. The summed E-state index contributed by atoms with van der Waals surface area (Å²) < 4.78 is 13.3. The average molecular weight is 336 g/mol. The Kier molecular flexibility index (Phi) is 6.75. The van der Waals surface area contributed by atoms with Gasteiger partial charge in [-0.25, -0.2) is 4.39 Å². The van der Waals surface area contributed by atoms with Gasteiger partial charge in [-0.05, 0) is 50.4 Å². The number of hydrogen-bond donors (Lipinski definition) is 1. The third-order valence-corrected chi connectivity index (χ3v) is 5.09. The summed E-state index contributed by atoms with van der Waals surface area (Å²) in [5.41, 5.74) is 0.781. The van der Waals surface area contributed by atoms with Crippen molar-refractivity contribution in [2.45, 2.75) is 51.3 Å². The molecule has 1 N–H and O–H groups in total. The minimum Gasteiger partial charge on any atom is -0.393 e. The summed E-state index contributed by atoms with van der Waals surface area (Å²) in [6.07, 6.45) is 3.86. The van der Waals surface area contributed by atoms with Crippen molar-refractivity contribution >= 4 is 5.91 Å². The Morgan fingerprint density at radius 2 is 2.04 bits per heavy atom. The molecule has 134 valence electrons. The summed E-state index contributed by atoms with van der Waals surface area (Å²) in [5, 5.41) is 10.1. The fourth-order valence-electron chi connectivity index (χ4n) is 3.42. The highest BCUT2D eigenvalue weighted by atomic mass is 19.1. The quantitative estimate of drug-likeness (QED) is 0.868. The number of nitrogens with zero attached hydrogens (tertiary/aromatic N) is 2. The molecule has 0 aliphatic heterocycles. The van der Waals surface area contributed by atoms with Gasteiger partial charge in [0.25, 0.3) is 0 Å². The zero-order chi connectivity index (χ0) is 17.7. The van der Waals surface area contributed by atoms with Crippen LogP contribution in [0, 0.1) is 11.7 Å². The third-order valence-electron chi connectivity index (χ3n) is 5.09. The fraction of sp³-hybridized carbons (Fsp3) is 0.632. The monoisotopic (exact) mass is 336 g/mol. The maximum Gasteiger partial charge on any atom is 0.239 e. The van der Waals surface area contributed by atoms with Gasteiger partial charge in [0.2, 0.25) is 5.91 Å². The molecular weight excluding hydrogens is 307 g/mol. The Balaban J connectivity index is 1.89. The van der Waals surface area contributed by atoms with E-state index >= 15 is 0 Å². The van der Waals surface area contributed by atoms with Crippen LogP contribution in [-0.4, -0.2) is 53.6 Å². The molecule has 3 unspecified atom stereocenters. The average Bonchev–Trinajstić information content (AvgIpc) is 2.55. The van der Waals surface area contributed by atoms with Crippen LogP contribution in [0.25, 0.3) is 0 Å². The SMILES string of the molecule is CC(C(=O)N(C)Cc1cccc(F)c1)N(C)CC1CCCCC1O. The lowest BCUT2D eigenvalue weighted by atomic mass is 9.86. The molecular formula is C19H29FN2O2. The van der Waals surface area contributed by atoms with Gasteiger partial charge in [-0.2, -0.15) is 0 Å². The van der Waals surface area contributed by atoms with Crippen LogP contribution in [0.4, 0.5) is 4.39 Å². The van der Waals surface area contributed by atoms with Crippen molar-refractivity contribution in [3.05, 3.63) is 35.6 Å². The van der Waals surface area contributed by atoms with Crippen LogP contribution in [-0.2, 0) is 11.3 Å². The van der Waals surface area contributed by atoms with Crippen molar-refractivity contribution in [3.63, 3.8) is 0 Å². The van der Waals surface area contributed by atoms with E-state index in [1.54, 1.807) is 18.0 Å². The van der Waals surface area contributed by atoms with Gasteiger partial charge in [0.1, 0.15) is 5.82 Å². The molecule has 1 aromatic carbocycles. The lowest BCUT2D eigenvalue weighted by Gasteiger charge is -2.34. The van der Waals surface area contributed by atoms with Gasteiger partial charge in [0.05, 0.1) is 12.1 Å². The van der Waals surface area contributed by atoms with E-state index in [1.165, 1.54) is 12.1 Å². The maximum atomic E-state index is 13.3. The van der Waals surface area contributed by atoms with Crippen molar-refractivity contribution in [1.29, 1.82) is 0 Å². The molecule has 1 aliphatic carbocycles. The second-order valence-corrected chi connectivity index (χ2v) is 7.05. The van der Waals surface area contributed by atoms with Crippen LogP contribution < -0.4 is 0 Å². The second-order valence-electron chi connectivity index (χ2n) is 7.05. The molecule has 1 saturated carbocycles. The molecule has 0 bridgehead atoms. The molecule has 0 heterocycles. The highest BCUT2D eigenvalue weighted by molar-refractivity contribution is 5.81. The summed E-state index contributed by atoms with van der Waals surface area (Å²) in [5.74, 6) is -0.0376. The van der Waals surface area contributed by atoms with E-state index in [9.17, 15) is 14.3 Å². The number of aliphatic hydroxyl groups is 1.